The molecule has 1 aromatic rings. The quantitative estimate of drug-likeness (QED) is 0.156. The van der Waals surface area contributed by atoms with Crippen LogP contribution in [0.2, 0.25) is 0 Å². The minimum Gasteiger partial charge on any atom is -0.327 e. The van der Waals surface area contributed by atoms with Gasteiger partial charge in [-0.05, 0) is 45.7 Å². The second-order valence-electron chi connectivity index (χ2n) is 8.39. The van der Waals surface area contributed by atoms with E-state index < -0.39 is 30.0 Å². The van der Waals surface area contributed by atoms with E-state index in [-0.39, 0.29) is 24.2 Å². The Morgan fingerprint density at radius 2 is 1.23 bits per heavy atom. The van der Waals surface area contributed by atoms with Gasteiger partial charge in [0, 0.05) is 12.5 Å². The van der Waals surface area contributed by atoms with E-state index in [1.165, 1.54) is 25.7 Å². The van der Waals surface area contributed by atoms with Crippen LogP contribution in [-0.2, 0) is 20.6 Å². The third-order valence-electron chi connectivity index (χ3n) is 4.74. The molecule has 0 bridgehead atoms. The van der Waals surface area contributed by atoms with Gasteiger partial charge >= 0.3 is 0 Å². The number of rotatable bonds is 16. The largest absolute Gasteiger partial charge is 0.327 e. The maximum absolute atomic E-state index is 14.2. The van der Waals surface area contributed by atoms with E-state index in [0.717, 1.165) is 25.3 Å². The van der Waals surface area contributed by atoms with Crippen molar-refractivity contribution in [1.29, 1.82) is 0 Å². The van der Waals surface area contributed by atoms with Crippen molar-refractivity contribution in [3.05, 3.63) is 35.1 Å². The number of hydrogen-bond donors (Lipinski definition) is 0. The summed E-state index contributed by atoms with van der Waals surface area (Å²) in [6.45, 7) is 8.79. The maximum Gasteiger partial charge on any atom is 0.272 e. The van der Waals surface area contributed by atoms with Crippen molar-refractivity contribution >= 4 is 0 Å². The van der Waals surface area contributed by atoms with Gasteiger partial charge in [-0.2, -0.15) is 0 Å². The van der Waals surface area contributed by atoms with Crippen LogP contribution in [0.5, 0.6) is 0 Å². The first kappa shape index (κ1) is 26.9. The van der Waals surface area contributed by atoms with Gasteiger partial charge in [0.15, 0.2) is 11.6 Å². The number of unbranched alkanes of at least 4 members (excludes halogenated alkanes) is 6. The zero-order valence-electron chi connectivity index (χ0n) is 19.2. The Bertz CT molecular complexity index is 583. The average molecular weight is 433 g/mol. The topological polar surface area (TPSA) is 27.7 Å². The molecule has 1 atom stereocenters. The molecule has 0 saturated carbocycles. The van der Waals surface area contributed by atoms with Crippen LogP contribution in [-0.4, -0.2) is 24.8 Å². The Hall–Kier alpha value is -1.11. The molecule has 0 amide bonds. The smallest absolute Gasteiger partial charge is 0.272 e. The van der Waals surface area contributed by atoms with Crippen LogP contribution in [0.25, 0.3) is 0 Å². The van der Waals surface area contributed by atoms with Crippen LogP contribution in [0, 0.1) is 17.5 Å². The summed E-state index contributed by atoms with van der Waals surface area (Å²) in [5, 5.41) is 0. The van der Waals surface area contributed by atoms with Crippen molar-refractivity contribution < 1.29 is 27.4 Å². The van der Waals surface area contributed by atoms with Crippen molar-refractivity contribution in [3.8, 4) is 0 Å². The van der Waals surface area contributed by atoms with Crippen LogP contribution in [0.4, 0.5) is 13.2 Å². The van der Waals surface area contributed by atoms with E-state index in [9.17, 15) is 13.2 Å². The van der Waals surface area contributed by atoms with E-state index in [1.807, 2.05) is 27.7 Å². The summed E-state index contributed by atoms with van der Waals surface area (Å²) in [7, 11) is 0. The first-order valence-corrected chi connectivity index (χ1v) is 11.3. The molecule has 0 aliphatic rings. The van der Waals surface area contributed by atoms with E-state index >= 15 is 0 Å². The molecular weight excluding hydrogens is 393 g/mol. The monoisotopic (exact) mass is 432 g/mol. The summed E-state index contributed by atoms with van der Waals surface area (Å²) in [5.74, 6) is -3.02. The zero-order chi connectivity index (χ0) is 22.5. The van der Waals surface area contributed by atoms with Crippen LogP contribution < -0.4 is 0 Å². The van der Waals surface area contributed by atoms with Gasteiger partial charge in [-0.3, -0.25) is 0 Å². The van der Waals surface area contributed by atoms with Gasteiger partial charge in [-0.25, -0.2) is 13.2 Å². The molecule has 0 spiro atoms. The fourth-order valence-corrected chi connectivity index (χ4v) is 3.21. The highest BCUT2D eigenvalue weighted by atomic mass is 19.2. The number of benzene rings is 1. The maximum atomic E-state index is 14.2. The lowest BCUT2D eigenvalue weighted by molar-refractivity contribution is -0.326. The van der Waals surface area contributed by atoms with Crippen LogP contribution in [0.3, 0.4) is 0 Å². The Morgan fingerprint density at radius 3 is 1.80 bits per heavy atom. The summed E-state index contributed by atoms with van der Waals surface area (Å²) >= 11 is 0. The van der Waals surface area contributed by atoms with Gasteiger partial charge in [0.1, 0.15) is 5.82 Å². The fourth-order valence-electron chi connectivity index (χ4n) is 3.21. The molecule has 0 aliphatic heterocycles. The van der Waals surface area contributed by atoms with Gasteiger partial charge in [0.05, 0.1) is 18.3 Å². The summed E-state index contributed by atoms with van der Waals surface area (Å²) in [6, 6.07) is 1.50. The lowest BCUT2D eigenvalue weighted by Crippen LogP contribution is -2.32. The molecule has 1 unspecified atom stereocenters. The van der Waals surface area contributed by atoms with Crippen molar-refractivity contribution in [3.63, 3.8) is 0 Å². The predicted octanol–water partition coefficient (Wildman–Crippen LogP) is 7.31. The number of halogens is 3. The molecule has 0 aromatic heterocycles. The molecule has 3 nitrogen and oxygen atoms in total. The van der Waals surface area contributed by atoms with Gasteiger partial charge < -0.3 is 14.2 Å². The highest BCUT2D eigenvalue weighted by Gasteiger charge is 2.22. The Morgan fingerprint density at radius 1 is 0.700 bits per heavy atom. The third-order valence-corrected chi connectivity index (χ3v) is 4.74. The molecule has 30 heavy (non-hydrogen) atoms. The first-order valence-electron chi connectivity index (χ1n) is 11.3. The molecular formula is C24H39F3O3. The van der Waals surface area contributed by atoms with Crippen LogP contribution in [0.1, 0.15) is 91.5 Å². The second-order valence-corrected chi connectivity index (χ2v) is 8.39. The Balaban J connectivity index is 2.77. The van der Waals surface area contributed by atoms with Crippen molar-refractivity contribution in [1.82, 2.24) is 0 Å². The highest BCUT2D eigenvalue weighted by molar-refractivity contribution is 5.20. The molecule has 0 saturated heterocycles. The molecule has 0 radical (unpaired) electrons. The predicted molar refractivity (Wildman–Crippen MR) is 114 cm³/mol. The van der Waals surface area contributed by atoms with Gasteiger partial charge in [-0.1, -0.05) is 51.9 Å². The summed E-state index contributed by atoms with van der Waals surface area (Å²) in [4.78, 5) is 0. The van der Waals surface area contributed by atoms with Crippen LogP contribution in [0.15, 0.2) is 12.1 Å². The van der Waals surface area contributed by atoms with E-state index in [0.29, 0.717) is 12.5 Å². The minimum atomic E-state index is -1.19. The number of ether oxygens (including phenoxy) is 3. The van der Waals surface area contributed by atoms with Crippen molar-refractivity contribution in [2.45, 2.75) is 117 Å². The lowest BCUT2D eigenvalue weighted by Gasteiger charge is -2.28. The third kappa shape index (κ3) is 11.3. The molecule has 1 aromatic carbocycles. The Labute approximate surface area is 180 Å². The average Bonchev–Trinajstić information content (AvgIpc) is 2.64. The fraction of sp³-hybridized carbons (Fsp3) is 0.750. The lowest BCUT2D eigenvalue weighted by atomic mass is 10.0. The molecule has 0 N–H and O–H groups in total. The highest BCUT2D eigenvalue weighted by Crippen LogP contribution is 2.21. The second kappa shape index (κ2) is 14.8. The van der Waals surface area contributed by atoms with Gasteiger partial charge in [0.2, 0.25) is 0 Å². The van der Waals surface area contributed by atoms with E-state index in [2.05, 4.69) is 6.92 Å². The molecule has 0 fully saturated rings. The van der Waals surface area contributed by atoms with Gasteiger partial charge in [0.25, 0.3) is 6.48 Å². The molecule has 0 heterocycles. The standard InChI is InChI=1S/C24H39F3O3/c1-6-7-8-9-10-11-12-13-20(30-24(28-17(2)3)29-18(4)5)14-19-15-22(26)23(27)16-21(19)25/h15-18,20,24H,6-14H2,1-5H3. The summed E-state index contributed by atoms with van der Waals surface area (Å²) < 4.78 is 58.5. The summed E-state index contributed by atoms with van der Waals surface area (Å²) in [5.41, 5.74) is 0.0923. The van der Waals surface area contributed by atoms with Gasteiger partial charge in [-0.15, -0.1) is 0 Å². The molecule has 6 heteroatoms. The van der Waals surface area contributed by atoms with Crippen molar-refractivity contribution in [2.75, 3.05) is 0 Å². The molecule has 174 valence electrons. The molecule has 1 rings (SSSR count). The minimum absolute atomic E-state index is 0.0923. The van der Waals surface area contributed by atoms with E-state index in [1.54, 1.807) is 0 Å². The molecule has 0 aliphatic carbocycles. The Kier molecular flexibility index (Phi) is 13.3. The SMILES string of the molecule is CCCCCCCCCC(Cc1cc(F)c(F)cc1F)OC(OC(C)C)OC(C)C. The zero-order valence-corrected chi connectivity index (χ0v) is 19.2. The normalized spacial score (nSPS) is 13.0. The van der Waals surface area contributed by atoms with E-state index in [4.69, 9.17) is 14.2 Å². The first-order chi connectivity index (χ1) is 14.2. The summed E-state index contributed by atoms with van der Waals surface area (Å²) in [6.07, 6.45) is 8.11. The van der Waals surface area contributed by atoms with Crippen molar-refractivity contribution in [2.24, 2.45) is 0 Å². The van der Waals surface area contributed by atoms with Crippen LogP contribution >= 0.6 is 0 Å². The number of hydrogen-bond acceptors (Lipinski definition) is 3.